The van der Waals surface area contributed by atoms with Crippen LogP contribution in [0.5, 0.6) is 11.5 Å². The summed E-state index contributed by atoms with van der Waals surface area (Å²) in [5.74, 6) is 1.17. The summed E-state index contributed by atoms with van der Waals surface area (Å²) >= 11 is 8.88. The van der Waals surface area contributed by atoms with Gasteiger partial charge in [-0.3, -0.25) is 9.69 Å². The maximum Gasteiger partial charge on any atom is 0.276 e. The van der Waals surface area contributed by atoms with E-state index in [9.17, 15) is 4.79 Å². The second-order valence-electron chi connectivity index (χ2n) is 6.19. The highest BCUT2D eigenvalue weighted by Gasteiger charge is 2.36. The zero-order valence-corrected chi connectivity index (χ0v) is 16.7. The van der Waals surface area contributed by atoms with Crippen molar-refractivity contribution in [2.75, 3.05) is 14.2 Å². The van der Waals surface area contributed by atoms with Crippen LogP contribution in [0.1, 0.15) is 37.7 Å². The van der Waals surface area contributed by atoms with Gasteiger partial charge in [0.15, 0.2) is 16.6 Å². The predicted molar refractivity (Wildman–Crippen MR) is 105 cm³/mol. The van der Waals surface area contributed by atoms with E-state index in [4.69, 9.17) is 21.7 Å². The van der Waals surface area contributed by atoms with Gasteiger partial charge >= 0.3 is 0 Å². The smallest absolute Gasteiger partial charge is 0.276 e. The number of nitrogens with one attached hydrogen (secondary N) is 1. The lowest BCUT2D eigenvalue weighted by molar-refractivity contribution is -0.124. The Bertz CT molecular complexity index is 729. The normalized spacial score (nSPS) is 20.1. The topological polar surface area (TPSA) is 50.8 Å². The maximum absolute atomic E-state index is 12.8. The number of hydrogen-bond donors (Lipinski definition) is 1. The first-order valence-electron chi connectivity index (χ1n) is 8.33. The summed E-state index contributed by atoms with van der Waals surface area (Å²) in [5.41, 5.74) is 1.32. The highest BCUT2D eigenvalue weighted by atomic mass is 79.9. The first-order chi connectivity index (χ1) is 12.0. The summed E-state index contributed by atoms with van der Waals surface area (Å²) < 4.78 is 11.4. The van der Waals surface area contributed by atoms with Gasteiger partial charge in [0.1, 0.15) is 5.70 Å². The zero-order valence-electron chi connectivity index (χ0n) is 14.3. The van der Waals surface area contributed by atoms with Gasteiger partial charge in [-0.25, -0.2) is 0 Å². The molecule has 1 aromatic rings. The van der Waals surface area contributed by atoms with E-state index in [1.165, 1.54) is 6.42 Å². The van der Waals surface area contributed by atoms with E-state index in [1.54, 1.807) is 25.2 Å². The Morgan fingerprint density at radius 1 is 1.24 bits per heavy atom. The lowest BCUT2D eigenvalue weighted by atomic mass is 9.94. The molecule has 0 aromatic heterocycles. The molecule has 1 N–H and O–H groups in total. The highest BCUT2D eigenvalue weighted by molar-refractivity contribution is 9.10. The SMILES string of the molecule is COc1cc(/C=C2\NC(=S)N(C3CCCCC3)C2=O)cc(Br)c1OC. The fourth-order valence-corrected chi connectivity index (χ4v) is 4.37. The molecule has 1 saturated heterocycles. The molecule has 0 spiro atoms. The molecule has 5 nitrogen and oxygen atoms in total. The Morgan fingerprint density at radius 3 is 2.60 bits per heavy atom. The molecule has 1 saturated carbocycles. The van der Waals surface area contributed by atoms with Crippen molar-refractivity contribution < 1.29 is 14.3 Å². The largest absolute Gasteiger partial charge is 0.493 e. The van der Waals surface area contributed by atoms with Crippen LogP contribution in [-0.2, 0) is 4.79 Å². The van der Waals surface area contributed by atoms with Crippen molar-refractivity contribution in [2.45, 2.75) is 38.1 Å². The summed E-state index contributed by atoms with van der Waals surface area (Å²) in [6.07, 6.45) is 7.37. The predicted octanol–water partition coefficient (Wildman–Crippen LogP) is 3.86. The van der Waals surface area contributed by atoms with Crippen LogP contribution in [-0.4, -0.2) is 36.2 Å². The molecule has 0 unspecified atom stereocenters. The Morgan fingerprint density at radius 2 is 1.96 bits per heavy atom. The Kier molecular flexibility index (Phi) is 5.64. The van der Waals surface area contributed by atoms with E-state index in [2.05, 4.69) is 21.2 Å². The minimum Gasteiger partial charge on any atom is -0.493 e. The molecule has 7 heteroatoms. The highest BCUT2D eigenvalue weighted by Crippen LogP contribution is 2.37. The molecular weight excluding hydrogens is 404 g/mol. The molecule has 0 atom stereocenters. The standard InChI is InChI=1S/C18H21BrN2O3S/c1-23-15-10-11(8-13(19)16(15)24-2)9-14-17(22)21(18(25)20-14)12-6-4-3-5-7-12/h8-10,12H,3-7H2,1-2H3,(H,20,25)/b14-9-. The molecule has 1 heterocycles. The van der Waals surface area contributed by atoms with Crippen molar-refractivity contribution in [3.8, 4) is 11.5 Å². The second kappa shape index (κ2) is 7.74. The minimum absolute atomic E-state index is 0.0530. The molecule has 134 valence electrons. The van der Waals surface area contributed by atoms with Gasteiger partial charge < -0.3 is 14.8 Å². The summed E-state index contributed by atoms with van der Waals surface area (Å²) in [4.78, 5) is 14.6. The molecule has 2 aliphatic rings. The lowest BCUT2D eigenvalue weighted by Gasteiger charge is -2.29. The van der Waals surface area contributed by atoms with Crippen molar-refractivity contribution in [3.05, 3.63) is 27.9 Å². The van der Waals surface area contributed by atoms with Crippen LogP contribution in [0, 0.1) is 0 Å². The molecule has 1 aromatic carbocycles. The van der Waals surface area contributed by atoms with Crippen molar-refractivity contribution in [3.63, 3.8) is 0 Å². The number of amides is 1. The molecule has 25 heavy (non-hydrogen) atoms. The van der Waals surface area contributed by atoms with E-state index in [-0.39, 0.29) is 11.9 Å². The fraction of sp³-hybridized carbons (Fsp3) is 0.444. The summed E-state index contributed by atoms with van der Waals surface area (Å²) in [6.45, 7) is 0. The summed E-state index contributed by atoms with van der Waals surface area (Å²) in [7, 11) is 3.17. The molecule has 1 aliphatic heterocycles. The molecule has 3 rings (SSSR count). The van der Waals surface area contributed by atoms with Gasteiger partial charge in [0.05, 0.1) is 18.7 Å². The van der Waals surface area contributed by atoms with Crippen LogP contribution in [0.25, 0.3) is 6.08 Å². The van der Waals surface area contributed by atoms with Crippen molar-refractivity contribution in [1.82, 2.24) is 10.2 Å². The number of carbonyl (C=O) groups excluding carboxylic acids is 1. The lowest BCUT2D eigenvalue weighted by Crippen LogP contribution is -2.41. The van der Waals surface area contributed by atoms with Gasteiger partial charge in [0.2, 0.25) is 0 Å². The first-order valence-corrected chi connectivity index (χ1v) is 9.53. The van der Waals surface area contributed by atoms with Gasteiger partial charge in [-0.2, -0.15) is 0 Å². The molecular formula is C18H21BrN2O3S. The zero-order chi connectivity index (χ0) is 18.0. The minimum atomic E-state index is -0.0530. The van der Waals surface area contributed by atoms with Crippen LogP contribution < -0.4 is 14.8 Å². The Hall–Kier alpha value is -1.60. The summed E-state index contributed by atoms with van der Waals surface area (Å²) in [6, 6.07) is 3.93. The quantitative estimate of drug-likeness (QED) is 0.587. The maximum atomic E-state index is 12.8. The molecule has 0 bridgehead atoms. The van der Waals surface area contributed by atoms with Crippen molar-refractivity contribution in [2.24, 2.45) is 0 Å². The fourth-order valence-electron chi connectivity index (χ4n) is 3.41. The van der Waals surface area contributed by atoms with Crippen molar-refractivity contribution in [1.29, 1.82) is 0 Å². The number of carbonyl (C=O) groups is 1. The average molecular weight is 425 g/mol. The number of methoxy groups -OCH3 is 2. The van der Waals surface area contributed by atoms with E-state index in [0.717, 1.165) is 35.7 Å². The van der Waals surface area contributed by atoms with Crippen LogP contribution in [0.4, 0.5) is 0 Å². The van der Waals surface area contributed by atoms with Crippen LogP contribution >= 0.6 is 28.1 Å². The van der Waals surface area contributed by atoms with Crippen LogP contribution in [0.2, 0.25) is 0 Å². The number of hydrogen-bond acceptors (Lipinski definition) is 4. The number of halogens is 1. The first kappa shape index (κ1) is 18.2. The van der Waals surface area contributed by atoms with Crippen molar-refractivity contribution >= 4 is 45.2 Å². The Labute approximate surface area is 161 Å². The third-order valence-electron chi connectivity index (χ3n) is 4.62. The van der Waals surface area contributed by atoms with Gasteiger partial charge in [-0.1, -0.05) is 19.3 Å². The van der Waals surface area contributed by atoms with E-state index in [1.807, 2.05) is 12.1 Å². The van der Waals surface area contributed by atoms with Gasteiger partial charge in [-0.15, -0.1) is 0 Å². The molecule has 2 fully saturated rings. The number of nitrogens with zero attached hydrogens (tertiary/aromatic N) is 1. The monoisotopic (exact) mass is 424 g/mol. The molecule has 0 radical (unpaired) electrons. The third-order valence-corrected chi connectivity index (χ3v) is 5.50. The number of thiocarbonyl (C=S) groups is 1. The number of rotatable bonds is 4. The van der Waals surface area contributed by atoms with Gasteiger partial charge in [0.25, 0.3) is 5.91 Å². The van der Waals surface area contributed by atoms with Crippen LogP contribution in [0.15, 0.2) is 22.3 Å². The number of benzene rings is 1. The molecule has 1 aliphatic carbocycles. The second-order valence-corrected chi connectivity index (χ2v) is 7.43. The summed E-state index contributed by atoms with van der Waals surface area (Å²) in [5, 5.41) is 3.57. The Balaban J connectivity index is 1.88. The van der Waals surface area contributed by atoms with E-state index >= 15 is 0 Å². The van der Waals surface area contributed by atoms with Gasteiger partial charge in [-0.05, 0) is 64.8 Å². The third kappa shape index (κ3) is 3.67. The average Bonchev–Trinajstić information content (AvgIpc) is 2.88. The van der Waals surface area contributed by atoms with Crippen LogP contribution in [0.3, 0.4) is 0 Å². The molecule has 1 amide bonds. The van der Waals surface area contributed by atoms with E-state index < -0.39 is 0 Å². The number of ether oxygens (including phenoxy) is 2. The van der Waals surface area contributed by atoms with E-state index in [0.29, 0.717) is 22.3 Å². The van der Waals surface area contributed by atoms with Gasteiger partial charge in [0, 0.05) is 6.04 Å².